The van der Waals surface area contributed by atoms with Crippen LogP contribution in [0.1, 0.15) is 49.8 Å². The Morgan fingerprint density at radius 2 is 2.00 bits per heavy atom. The van der Waals surface area contributed by atoms with E-state index in [4.69, 9.17) is 5.73 Å². The lowest BCUT2D eigenvalue weighted by Crippen LogP contribution is -2.69. The molecule has 0 bridgehead atoms. The second kappa shape index (κ2) is 10.1. The fraction of sp³-hybridized carbons (Fsp3) is 0.500. The zero-order valence-electron chi connectivity index (χ0n) is 21.4. The van der Waals surface area contributed by atoms with Crippen LogP contribution in [0.15, 0.2) is 35.5 Å². The Labute approximate surface area is 222 Å². The third-order valence-corrected chi connectivity index (χ3v) is 11.4. The highest BCUT2D eigenvalue weighted by Crippen LogP contribution is 2.48. The van der Waals surface area contributed by atoms with E-state index < -0.39 is 56.3 Å². The molecule has 2 aliphatic heterocycles. The highest BCUT2D eigenvalue weighted by molar-refractivity contribution is 8.04. The molecule has 0 aliphatic carbocycles. The number of carbonyl (C=O) groups is 1. The molecule has 0 unspecified atom stereocenters. The Morgan fingerprint density at radius 1 is 1.28 bits per heavy atom. The molecule has 1 amide bonds. The third kappa shape index (κ3) is 5.09. The van der Waals surface area contributed by atoms with Gasteiger partial charge in [-0.15, -0.1) is 0 Å². The van der Waals surface area contributed by atoms with Crippen molar-refractivity contribution >= 4 is 27.7 Å². The maximum atomic E-state index is 15.2. The topological polar surface area (TPSA) is 132 Å². The molecular weight excluding hydrogens is 547 g/mol. The molecule has 0 aromatic carbocycles. The van der Waals surface area contributed by atoms with Gasteiger partial charge in [-0.05, 0) is 68.0 Å². The van der Waals surface area contributed by atoms with Crippen molar-refractivity contribution in [2.45, 2.75) is 61.5 Å². The van der Waals surface area contributed by atoms with E-state index in [1.807, 2.05) is 0 Å². The zero-order chi connectivity index (χ0) is 28.8. The summed E-state index contributed by atoms with van der Waals surface area (Å²) in [6.45, 7) is 4.07. The van der Waals surface area contributed by atoms with Gasteiger partial charge >= 0.3 is 12.3 Å². The summed E-state index contributed by atoms with van der Waals surface area (Å²) in [5.41, 5.74) is 4.56. The van der Waals surface area contributed by atoms with Crippen LogP contribution in [0.5, 0.6) is 5.75 Å². The molecule has 0 spiro atoms. The number of fused-ring (bicyclic) bond motifs is 1. The lowest BCUT2D eigenvalue weighted by Gasteiger charge is -2.55. The predicted molar refractivity (Wildman–Crippen MR) is 136 cm³/mol. The van der Waals surface area contributed by atoms with E-state index in [1.165, 1.54) is 6.07 Å². The van der Waals surface area contributed by atoms with Gasteiger partial charge in [0, 0.05) is 6.54 Å². The van der Waals surface area contributed by atoms with Gasteiger partial charge in [0.15, 0.2) is 6.61 Å². The lowest BCUT2D eigenvalue weighted by molar-refractivity contribution is -0.148. The number of ether oxygens (including phenoxy) is 1. The number of hydrogen-bond donors (Lipinski definition) is 4. The normalized spacial score (nSPS) is 24.8. The standard InChI is InChI=1S/C24H29F5N6O3S/c1-22(2)21(30)35-23(3,16-5-4-10-32-39(16,22)37)18-14(25)7-9-17(33-18)34-19(36)15-8-6-13(11-31-15)38-12-24(28,29)20(26)27/h6-9,11,16,20,39H,4-5,10,12H2,1-3H3,(H2,30,35)(H,32,37)(H,33,34,36)/t16-,23-/m0/s1. The Morgan fingerprint density at radius 3 is 2.64 bits per heavy atom. The van der Waals surface area contributed by atoms with Crippen molar-refractivity contribution in [1.82, 2.24) is 14.7 Å². The van der Waals surface area contributed by atoms with Crippen LogP contribution < -0.4 is 20.5 Å². The first-order chi connectivity index (χ1) is 18.1. The number of aliphatic imine (C=N–C) groups is 1. The fourth-order valence-electron chi connectivity index (χ4n) is 4.79. The smallest absolute Gasteiger partial charge is 0.340 e. The van der Waals surface area contributed by atoms with E-state index in [0.29, 0.717) is 19.4 Å². The van der Waals surface area contributed by atoms with Crippen molar-refractivity contribution in [1.29, 1.82) is 0 Å². The van der Waals surface area contributed by atoms with Gasteiger partial charge in [0.25, 0.3) is 5.91 Å². The van der Waals surface area contributed by atoms with Gasteiger partial charge in [-0.1, -0.05) is 0 Å². The second-order valence-corrected chi connectivity index (χ2v) is 13.5. The molecule has 1 saturated heterocycles. The van der Waals surface area contributed by atoms with Crippen LogP contribution in [-0.2, 0) is 15.7 Å². The first-order valence-corrected chi connectivity index (χ1v) is 13.8. The molecule has 1 fully saturated rings. The van der Waals surface area contributed by atoms with Crippen LogP contribution in [-0.4, -0.2) is 61.4 Å². The number of anilines is 1. The molecular formula is C24H29F5N6O3S. The Balaban J connectivity index is 1.57. The Bertz CT molecular complexity index is 1340. The fourth-order valence-corrected chi connectivity index (χ4v) is 8.50. The number of nitrogens with two attached hydrogens (primary N) is 1. The van der Waals surface area contributed by atoms with Gasteiger partial charge in [0.05, 0.1) is 16.2 Å². The number of halogens is 5. The summed E-state index contributed by atoms with van der Waals surface area (Å²) < 4.78 is 86.9. The number of amides is 1. The van der Waals surface area contributed by atoms with Crippen LogP contribution in [0.2, 0.25) is 0 Å². The van der Waals surface area contributed by atoms with Gasteiger partial charge in [-0.25, -0.2) is 23.1 Å². The van der Waals surface area contributed by atoms with Crippen molar-refractivity contribution in [3.8, 4) is 5.75 Å². The number of hydrogen-bond acceptors (Lipinski definition) is 7. The number of alkyl halides is 4. The molecule has 4 rings (SSSR count). The van der Waals surface area contributed by atoms with Crippen molar-refractivity contribution in [2.75, 3.05) is 18.5 Å². The summed E-state index contributed by atoms with van der Waals surface area (Å²) in [6.07, 6.45) is -1.77. The molecule has 0 radical (unpaired) electrons. The van der Waals surface area contributed by atoms with Crippen LogP contribution in [0, 0.1) is 5.82 Å². The molecule has 15 heteroatoms. The van der Waals surface area contributed by atoms with Gasteiger partial charge < -0.3 is 15.8 Å². The molecule has 4 N–H and O–H groups in total. The largest absolute Gasteiger partial charge is 0.485 e. The molecule has 214 valence electrons. The van der Waals surface area contributed by atoms with E-state index in [0.717, 1.165) is 24.4 Å². The quantitative estimate of drug-likeness (QED) is 0.296. The number of carbonyl (C=O) groups excluding carboxylic acids is 1. The van der Waals surface area contributed by atoms with Crippen molar-refractivity contribution < 1.29 is 35.7 Å². The van der Waals surface area contributed by atoms with E-state index >= 15 is 4.39 Å². The summed E-state index contributed by atoms with van der Waals surface area (Å²) in [5, 5.41) is 1.88. The summed E-state index contributed by atoms with van der Waals surface area (Å²) in [5.74, 6) is -6.02. The van der Waals surface area contributed by atoms with Crippen molar-refractivity contribution in [2.24, 2.45) is 10.7 Å². The number of thiol groups is 1. The summed E-state index contributed by atoms with van der Waals surface area (Å²) in [6, 6.07) is 4.57. The number of nitrogens with one attached hydrogen (secondary N) is 2. The Hall–Kier alpha value is -3.20. The van der Waals surface area contributed by atoms with E-state index in [-0.39, 0.29) is 28.8 Å². The van der Waals surface area contributed by atoms with E-state index in [1.54, 1.807) is 20.8 Å². The first kappa shape index (κ1) is 28.8. The average Bonchev–Trinajstić information content (AvgIpc) is 2.88. The van der Waals surface area contributed by atoms with Crippen LogP contribution in [0.25, 0.3) is 0 Å². The lowest BCUT2D eigenvalue weighted by atomic mass is 9.89. The third-order valence-electron chi connectivity index (χ3n) is 7.19. The van der Waals surface area contributed by atoms with Crippen molar-refractivity contribution in [3.63, 3.8) is 0 Å². The molecule has 2 atom stereocenters. The number of nitrogens with zero attached hydrogens (tertiary/aromatic N) is 3. The highest BCUT2D eigenvalue weighted by atomic mass is 32.3. The summed E-state index contributed by atoms with van der Waals surface area (Å²) in [7, 11) is -3.21. The molecule has 0 saturated carbocycles. The minimum Gasteiger partial charge on any atom is -0.485 e. The maximum absolute atomic E-state index is 15.2. The number of pyridine rings is 2. The number of amidine groups is 1. The monoisotopic (exact) mass is 576 g/mol. The maximum Gasteiger partial charge on any atom is 0.340 e. The number of rotatable bonds is 7. The SMILES string of the molecule is CC1(C)C(N)=N[C@](C)(c2nc(NC(=O)c3ccc(OCC(F)(F)C(F)F)cn3)ccc2F)[C@@H]2CCCN[SH]21=O. The molecule has 39 heavy (non-hydrogen) atoms. The number of aromatic nitrogens is 2. The Kier molecular flexibility index (Phi) is 7.44. The van der Waals surface area contributed by atoms with Gasteiger partial charge in [-0.3, -0.25) is 18.7 Å². The minimum atomic E-state index is -4.34. The van der Waals surface area contributed by atoms with Crippen LogP contribution in [0.3, 0.4) is 0 Å². The molecule has 4 heterocycles. The second-order valence-electron chi connectivity index (χ2n) is 10.1. The molecule has 9 nitrogen and oxygen atoms in total. The molecule has 2 aliphatic rings. The minimum absolute atomic E-state index is 0.0477. The predicted octanol–water partition coefficient (Wildman–Crippen LogP) is 3.20. The van der Waals surface area contributed by atoms with E-state index in [2.05, 4.69) is 29.7 Å². The van der Waals surface area contributed by atoms with Gasteiger partial charge in [0.1, 0.15) is 40.1 Å². The van der Waals surface area contributed by atoms with E-state index in [9.17, 15) is 26.6 Å². The first-order valence-electron chi connectivity index (χ1n) is 12.1. The summed E-state index contributed by atoms with van der Waals surface area (Å²) in [4.78, 5) is 25.4. The summed E-state index contributed by atoms with van der Waals surface area (Å²) >= 11 is 0. The highest BCUT2D eigenvalue weighted by Gasteiger charge is 2.57. The van der Waals surface area contributed by atoms with Crippen LogP contribution in [0.4, 0.5) is 27.8 Å². The van der Waals surface area contributed by atoms with Gasteiger partial charge in [-0.2, -0.15) is 8.78 Å². The van der Waals surface area contributed by atoms with Crippen LogP contribution >= 0.6 is 0 Å². The molecule has 2 aromatic rings. The average molecular weight is 577 g/mol. The van der Waals surface area contributed by atoms with Gasteiger partial charge in [0.2, 0.25) is 0 Å². The molecule has 2 aromatic heterocycles. The zero-order valence-corrected chi connectivity index (χ0v) is 22.2. The van der Waals surface area contributed by atoms with Crippen molar-refractivity contribution in [3.05, 3.63) is 47.7 Å².